The van der Waals surface area contributed by atoms with Crippen molar-refractivity contribution in [2.45, 2.75) is 0 Å². The van der Waals surface area contributed by atoms with Crippen molar-refractivity contribution >= 4 is 63.9 Å². The molecule has 0 saturated carbocycles. The third-order valence-electron chi connectivity index (χ3n) is 5.14. The number of rotatable bonds is 5. The monoisotopic (exact) mass is 552 g/mol. The zero-order valence-electron chi connectivity index (χ0n) is 19.0. The molecule has 0 spiro atoms. The van der Waals surface area contributed by atoms with Gasteiger partial charge in [-0.15, -0.1) is 0 Å². The summed E-state index contributed by atoms with van der Waals surface area (Å²) in [6.45, 7) is 0. The number of carbonyl (C=O) groups is 3. The zero-order chi connectivity index (χ0) is 26.4. The Morgan fingerprint density at radius 3 is 1.84 bits per heavy atom. The number of amides is 3. The first-order chi connectivity index (χ1) is 17.8. The van der Waals surface area contributed by atoms with Gasteiger partial charge >= 0.3 is 0 Å². The summed E-state index contributed by atoms with van der Waals surface area (Å²) in [7, 11) is 0. The van der Waals surface area contributed by atoms with Gasteiger partial charge in [0.1, 0.15) is 0 Å². The lowest BCUT2D eigenvalue weighted by molar-refractivity contribution is 0.0418. The van der Waals surface area contributed by atoms with Gasteiger partial charge < -0.3 is 5.32 Å². The lowest BCUT2D eigenvalue weighted by Crippen LogP contribution is -2.56. The minimum absolute atomic E-state index is 0.0153. The van der Waals surface area contributed by atoms with Gasteiger partial charge in [0, 0.05) is 11.3 Å². The topological polar surface area (TPSA) is 90.5 Å². The number of benzene rings is 4. The quantitative estimate of drug-likeness (QED) is 0.245. The fourth-order valence-electron chi connectivity index (χ4n) is 3.35. The van der Waals surface area contributed by atoms with Crippen LogP contribution in [0.4, 0.5) is 11.4 Å². The second-order valence-electron chi connectivity index (χ2n) is 7.64. The normalized spacial score (nSPS) is 10.4. The fraction of sp³-hybridized carbons (Fsp3) is 0. The molecular weight excluding hydrogens is 535 g/mol. The lowest BCUT2D eigenvalue weighted by Gasteiger charge is -2.25. The Morgan fingerprint density at radius 1 is 0.622 bits per heavy atom. The maximum atomic E-state index is 13.6. The SMILES string of the molecule is O=C(NN(NC(=O)c1c(Cl)cccc1Cl)C(=O)c1cccc(Nc2ccccc2)c1Cl)c1ccccc1. The van der Waals surface area contributed by atoms with Gasteiger partial charge in [0.05, 0.1) is 31.9 Å². The molecule has 0 saturated heterocycles. The van der Waals surface area contributed by atoms with Crippen molar-refractivity contribution in [3.63, 3.8) is 0 Å². The molecule has 10 heteroatoms. The Kier molecular flexibility index (Phi) is 8.30. The predicted octanol–water partition coefficient (Wildman–Crippen LogP) is 6.52. The van der Waals surface area contributed by atoms with Crippen LogP contribution in [0.3, 0.4) is 0 Å². The molecular formula is C27H19Cl3N4O3. The van der Waals surface area contributed by atoms with Crippen LogP contribution in [0.1, 0.15) is 31.1 Å². The molecule has 0 bridgehead atoms. The number of halogens is 3. The number of hydrogen-bond acceptors (Lipinski definition) is 4. The summed E-state index contributed by atoms with van der Waals surface area (Å²) in [6.07, 6.45) is 0. The molecule has 0 radical (unpaired) electrons. The van der Waals surface area contributed by atoms with Gasteiger partial charge in [0.2, 0.25) is 0 Å². The molecule has 0 aliphatic heterocycles. The molecule has 0 unspecified atom stereocenters. The first kappa shape index (κ1) is 26.0. The Balaban J connectivity index is 1.67. The van der Waals surface area contributed by atoms with E-state index in [9.17, 15) is 14.4 Å². The first-order valence-corrected chi connectivity index (χ1v) is 12.0. The summed E-state index contributed by atoms with van der Waals surface area (Å²) in [5.41, 5.74) is 6.21. The Bertz CT molecular complexity index is 1430. The first-order valence-electron chi connectivity index (χ1n) is 10.9. The minimum Gasteiger partial charge on any atom is -0.354 e. The summed E-state index contributed by atoms with van der Waals surface area (Å²) < 4.78 is 0. The van der Waals surface area contributed by atoms with E-state index < -0.39 is 17.7 Å². The predicted molar refractivity (Wildman–Crippen MR) is 145 cm³/mol. The number of carbonyl (C=O) groups excluding carboxylic acids is 3. The van der Waals surface area contributed by atoms with Crippen LogP contribution in [0.15, 0.2) is 97.1 Å². The third kappa shape index (κ3) is 6.21. The Hall–Kier alpha value is -4.04. The van der Waals surface area contributed by atoms with E-state index in [1.54, 1.807) is 48.5 Å². The van der Waals surface area contributed by atoms with E-state index in [1.165, 1.54) is 18.2 Å². The number of anilines is 2. The van der Waals surface area contributed by atoms with Crippen LogP contribution >= 0.6 is 34.8 Å². The highest BCUT2D eigenvalue weighted by molar-refractivity contribution is 6.39. The van der Waals surface area contributed by atoms with E-state index in [0.717, 1.165) is 5.69 Å². The molecule has 3 N–H and O–H groups in total. The van der Waals surface area contributed by atoms with Crippen molar-refractivity contribution < 1.29 is 14.4 Å². The Labute approximate surface area is 227 Å². The van der Waals surface area contributed by atoms with Crippen molar-refractivity contribution in [1.82, 2.24) is 16.0 Å². The molecule has 0 aromatic heterocycles. The largest absolute Gasteiger partial charge is 0.354 e. The molecule has 4 aromatic rings. The Morgan fingerprint density at radius 2 is 1.19 bits per heavy atom. The summed E-state index contributed by atoms with van der Waals surface area (Å²) in [6, 6.07) is 26.7. The molecule has 0 aliphatic rings. The molecule has 0 atom stereocenters. The van der Waals surface area contributed by atoms with Gasteiger partial charge in [-0.3, -0.25) is 14.4 Å². The second-order valence-corrected chi connectivity index (χ2v) is 8.84. The fourth-order valence-corrected chi connectivity index (χ4v) is 4.17. The van der Waals surface area contributed by atoms with E-state index in [-0.39, 0.29) is 31.8 Å². The number of hydrogen-bond donors (Lipinski definition) is 3. The minimum atomic E-state index is -0.813. The molecule has 4 rings (SSSR count). The van der Waals surface area contributed by atoms with E-state index in [4.69, 9.17) is 34.8 Å². The lowest BCUT2D eigenvalue weighted by atomic mass is 10.1. The smallest absolute Gasteiger partial charge is 0.293 e. The summed E-state index contributed by atoms with van der Waals surface area (Å²) in [5, 5.41) is 4.02. The van der Waals surface area contributed by atoms with Gasteiger partial charge in [0.15, 0.2) is 0 Å². The zero-order valence-corrected chi connectivity index (χ0v) is 21.3. The summed E-state index contributed by atoms with van der Waals surface area (Å²) in [5.74, 6) is -2.26. The number of para-hydroxylation sites is 1. The molecule has 0 aliphatic carbocycles. The van der Waals surface area contributed by atoms with Gasteiger partial charge in [-0.05, 0) is 48.5 Å². The van der Waals surface area contributed by atoms with Crippen molar-refractivity contribution in [2.24, 2.45) is 0 Å². The third-order valence-corrected chi connectivity index (χ3v) is 6.17. The average molecular weight is 554 g/mol. The summed E-state index contributed by atoms with van der Waals surface area (Å²) >= 11 is 18.9. The van der Waals surface area contributed by atoms with E-state index in [0.29, 0.717) is 10.8 Å². The van der Waals surface area contributed by atoms with Crippen LogP contribution in [-0.2, 0) is 0 Å². The highest BCUT2D eigenvalue weighted by Gasteiger charge is 2.26. The van der Waals surface area contributed by atoms with Crippen LogP contribution in [0.5, 0.6) is 0 Å². The van der Waals surface area contributed by atoms with E-state index in [2.05, 4.69) is 16.2 Å². The molecule has 186 valence electrons. The van der Waals surface area contributed by atoms with Crippen LogP contribution in [0.2, 0.25) is 15.1 Å². The highest BCUT2D eigenvalue weighted by atomic mass is 35.5. The van der Waals surface area contributed by atoms with Crippen LogP contribution in [0, 0.1) is 0 Å². The van der Waals surface area contributed by atoms with Gasteiger partial charge in [-0.2, -0.15) is 5.12 Å². The second kappa shape index (κ2) is 11.8. The highest BCUT2D eigenvalue weighted by Crippen LogP contribution is 2.30. The number of hydrazine groups is 2. The van der Waals surface area contributed by atoms with Crippen molar-refractivity contribution in [1.29, 1.82) is 0 Å². The maximum Gasteiger partial charge on any atom is 0.293 e. The summed E-state index contributed by atoms with van der Waals surface area (Å²) in [4.78, 5) is 39.5. The van der Waals surface area contributed by atoms with Crippen molar-refractivity contribution in [2.75, 3.05) is 5.32 Å². The molecule has 0 heterocycles. The van der Waals surface area contributed by atoms with Crippen LogP contribution < -0.4 is 16.2 Å². The van der Waals surface area contributed by atoms with Crippen LogP contribution in [-0.4, -0.2) is 22.8 Å². The van der Waals surface area contributed by atoms with Crippen LogP contribution in [0.25, 0.3) is 0 Å². The molecule has 3 amide bonds. The number of nitrogens with zero attached hydrogens (tertiary/aromatic N) is 1. The molecule has 0 fully saturated rings. The molecule has 37 heavy (non-hydrogen) atoms. The standard InChI is InChI=1S/C27H19Cl3N4O3/c28-20-14-8-15-21(29)23(20)26(36)33-34(32-25(35)17-9-3-1-4-10-17)27(37)19-13-7-16-22(24(19)30)31-18-11-5-2-6-12-18/h1-16,31H,(H,32,35)(H,33,36). The van der Waals surface area contributed by atoms with Gasteiger partial charge in [0.25, 0.3) is 17.7 Å². The van der Waals surface area contributed by atoms with Crippen molar-refractivity contribution in [3.05, 3.63) is 129 Å². The maximum absolute atomic E-state index is 13.6. The van der Waals surface area contributed by atoms with E-state index in [1.807, 2.05) is 30.3 Å². The van der Waals surface area contributed by atoms with E-state index >= 15 is 0 Å². The van der Waals surface area contributed by atoms with Gasteiger partial charge in [-0.25, -0.2) is 10.9 Å². The number of nitrogens with one attached hydrogen (secondary N) is 3. The van der Waals surface area contributed by atoms with Gasteiger partial charge in [-0.1, -0.05) is 83.3 Å². The molecule has 7 nitrogen and oxygen atoms in total. The average Bonchev–Trinajstić information content (AvgIpc) is 2.90. The molecule has 4 aromatic carbocycles. The van der Waals surface area contributed by atoms with Crippen molar-refractivity contribution in [3.8, 4) is 0 Å².